The standard InChI is InChI=1S/C8H12NO4P/c1-9(11)13-5-4-2-3-7(14-4)6(5)12-8(3)10/h3-7,9,14H,2H2,1H3. The van der Waals surface area contributed by atoms with Crippen LogP contribution >= 0.6 is 8.58 Å². The Labute approximate surface area is 83.0 Å². The van der Waals surface area contributed by atoms with E-state index in [1.165, 1.54) is 7.05 Å². The number of carbonyl (C=O) groups is 1. The molecule has 7 atom stereocenters. The third kappa shape index (κ3) is 1.07. The molecular weight excluding hydrogens is 205 g/mol. The van der Waals surface area contributed by atoms with E-state index in [9.17, 15) is 10.0 Å². The molecule has 6 heteroatoms. The summed E-state index contributed by atoms with van der Waals surface area (Å²) in [4.78, 5) is 16.6. The van der Waals surface area contributed by atoms with Crippen LogP contribution in [0.25, 0.3) is 0 Å². The van der Waals surface area contributed by atoms with Gasteiger partial charge in [0.25, 0.3) is 0 Å². The van der Waals surface area contributed by atoms with E-state index in [2.05, 4.69) is 0 Å². The number of carbonyl (C=O) groups excluding carboxylic acids is 1. The molecule has 3 fully saturated rings. The van der Waals surface area contributed by atoms with Gasteiger partial charge in [0.1, 0.15) is 6.10 Å². The summed E-state index contributed by atoms with van der Waals surface area (Å²) >= 11 is 0. The van der Waals surface area contributed by atoms with Crippen LogP contribution in [0.2, 0.25) is 0 Å². The fourth-order valence-electron chi connectivity index (χ4n) is 2.78. The van der Waals surface area contributed by atoms with Gasteiger partial charge in [-0.2, -0.15) is 4.84 Å². The lowest BCUT2D eigenvalue weighted by molar-refractivity contribution is -1.04. The highest BCUT2D eigenvalue weighted by atomic mass is 31.1. The highest BCUT2D eigenvalue weighted by Crippen LogP contribution is 2.59. The van der Waals surface area contributed by atoms with Crippen LogP contribution in [0, 0.1) is 11.1 Å². The van der Waals surface area contributed by atoms with Crippen molar-refractivity contribution in [1.82, 2.24) is 0 Å². The molecule has 5 nitrogen and oxygen atoms in total. The predicted molar refractivity (Wildman–Crippen MR) is 49.0 cm³/mol. The molecule has 0 amide bonds. The van der Waals surface area contributed by atoms with Crippen LogP contribution in [0.15, 0.2) is 0 Å². The Morgan fingerprint density at radius 2 is 2.50 bits per heavy atom. The average molecular weight is 217 g/mol. The summed E-state index contributed by atoms with van der Waals surface area (Å²) in [7, 11) is 2.14. The molecular formula is C8H12NO4P. The normalized spacial score (nSPS) is 52.7. The second-order valence-electron chi connectivity index (χ2n) is 4.12. The van der Waals surface area contributed by atoms with Crippen LogP contribution in [-0.4, -0.2) is 36.5 Å². The lowest BCUT2D eigenvalue weighted by Gasteiger charge is -2.27. The summed E-state index contributed by atoms with van der Waals surface area (Å²) in [6.45, 7) is 0. The summed E-state index contributed by atoms with van der Waals surface area (Å²) in [6.07, 6.45) is 0.572. The largest absolute Gasteiger partial charge is 0.600 e. The maximum Gasteiger partial charge on any atom is 0.310 e. The van der Waals surface area contributed by atoms with E-state index in [0.717, 1.165) is 15.0 Å². The maximum atomic E-state index is 11.4. The van der Waals surface area contributed by atoms with Crippen molar-refractivity contribution in [3.05, 3.63) is 5.21 Å². The molecule has 7 unspecified atom stereocenters. The summed E-state index contributed by atoms with van der Waals surface area (Å²) in [5.74, 6) is 0.0276. The molecule has 14 heavy (non-hydrogen) atoms. The number of hydrogen-bond acceptors (Lipinski definition) is 4. The smallest absolute Gasteiger partial charge is 0.310 e. The zero-order valence-electron chi connectivity index (χ0n) is 7.73. The number of hydroxylamine groups is 2. The first-order valence-electron chi connectivity index (χ1n) is 4.80. The molecule has 0 saturated carbocycles. The fraction of sp³-hybridized carbons (Fsp3) is 0.875. The van der Waals surface area contributed by atoms with Gasteiger partial charge < -0.3 is 9.94 Å². The first-order chi connectivity index (χ1) is 6.66. The number of fused-ring (bicyclic) bond motifs is 1. The first kappa shape index (κ1) is 9.04. The van der Waals surface area contributed by atoms with Gasteiger partial charge in [0.15, 0.2) is 6.10 Å². The molecule has 3 aliphatic rings. The molecule has 78 valence electrons. The minimum absolute atomic E-state index is 0.0790. The van der Waals surface area contributed by atoms with Crippen molar-refractivity contribution in [3.8, 4) is 0 Å². The van der Waals surface area contributed by atoms with Gasteiger partial charge in [0.2, 0.25) is 0 Å². The SMILES string of the molecule is C[NH+]([O-])OC1C2CC3C(=O)OC1C3P2. The summed E-state index contributed by atoms with van der Waals surface area (Å²) in [6, 6.07) is 0. The van der Waals surface area contributed by atoms with Crippen molar-refractivity contribution in [2.75, 3.05) is 7.05 Å². The van der Waals surface area contributed by atoms with Crippen LogP contribution in [0.5, 0.6) is 0 Å². The van der Waals surface area contributed by atoms with E-state index in [4.69, 9.17) is 9.57 Å². The van der Waals surface area contributed by atoms with Crippen LogP contribution < -0.4 is 5.23 Å². The van der Waals surface area contributed by atoms with E-state index in [-0.39, 0.29) is 29.3 Å². The predicted octanol–water partition coefficient (Wildman–Crippen LogP) is -1.33. The van der Waals surface area contributed by atoms with E-state index in [1.807, 2.05) is 0 Å². The molecule has 1 N–H and O–H groups in total. The molecule has 2 bridgehead atoms. The second kappa shape index (κ2) is 2.89. The highest BCUT2D eigenvalue weighted by Gasteiger charge is 2.63. The number of esters is 1. The lowest BCUT2D eigenvalue weighted by atomic mass is 9.88. The molecule has 0 radical (unpaired) electrons. The minimum atomic E-state index is -0.271. The maximum absolute atomic E-state index is 11.4. The molecule has 3 rings (SSSR count). The zero-order valence-corrected chi connectivity index (χ0v) is 8.73. The van der Waals surface area contributed by atoms with Crippen molar-refractivity contribution in [2.45, 2.75) is 29.9 Å². The molecule has 3 saturated heterocycles. The third-order valence-electron chi connectivity index (χ3n) is 3.28. The first-order valence-corrected chi connectivity index (χ1v) is 5.96. The summed E-state index contributed by atoms with van der Waals surface area (Å²) in [5.41, 5.74) is 0.724. The molecule has 0 aromatic carbocycles. The van der Waals surface area contributed by atoms with Gasteiger partial charge in [-0.3, -0.25) is 4.79 Å². The quantitative estimate of drug-likeness (QED) is 0.354. The second-order valence-corrected chi connectivity index (χ2v) is 5.86. The Kier molecular flexibility index (Phi) is 1.86. The van der Waals surface area contributed by atoms with Crippen molar-refractivity contribution >= 4 is 14.6 Å². The Morgan fingerprint density at radius 1 is 1.71 bits per heavy atom. The Hall–Kier alpha value is -0.220. The van der Waals surface area contributed by atoms with Crippen LogP contribution in [0.1, 0.15) is 6.42 Å². The lowest BCUT2D eigenvalue weighted by Crippen LogP contribution is -3.04. The highest BCUT2D eigenvalue weighted by molar-refractivity contribution is 7.41. The van der Waals surface area contributed by atoms with Gasteiger partial charge >= 0.3 is 5.97 Å². The topological polar surface area (TPSA) is 63.0 Å². The van der Waals surface area contributed by atoms with Crippen LogP contribution in [0.4, 0.5) is 0 Å². The molecule has 0 spiro atoms. The van der Waals surface area contributed by atoms with Crippen LogP contribution in [-0.2, 0) is 14.4 Å². The summed E-state index contributed by atoms with van der Waals surface area (Å²) < 4.78 is 5.24. The summed E-state index contributed by atoms with van der Waals surface area (Å²) in [5, 5.41) is 10.6. The average Bonchev–Trinajstić information content (AvgIpc) is 2.67. The third-order valence-corrected chi connectivity index (χ3v) is 5.39. The van der Waals surface area contributed by atoms with E-state index in [0.29, 0.717) is 11.3 Å². The Bertz CT molecular complexity index is 285. The molecule has 0 aromatic rings. The van der Waals surface area contributed by atoms with Crippen LogP contribution in [0.3, 0.4) is 0 Å². The van der Waals surface area contributed by atoms with Crippen molar-refractivity contribution in [1.29, 1.82) is 0 Å². The Balaban J connectivity index is 1.82. The van der Waals surface area contributed by atoms with Gasteiger partial charge in [0.05, 0.1) is 13.0 Å². The fourth-order valence-corrected chi connectivity index (χ4v) is 5.07. The van der Waals surface area contributed by atoms with Crippen molar-refractivity contribution < 1.29 is 19.6 Å². The molecule has 0 aromatic heterocycles. The molecule has 3 heterocycles. The molecule has 0 aliphatic carbocycles. The number of nitrogens with one attached hydrogen (secondary N) is 1. The van der Waals surface area contributed by atoms with Crippen molar-refractivity contribution in [2.24, 2.45) is 5.92 Å². The van der Waals surface area contributed by atoms with E-state index in [1.54, 1.807) is 0 Å². The Morgan fingerprint density at radius 3 is 3.21 bits per heavy atom. The van der Waals surface area contributed by atoms with E-state index < -0.39 is 0 Å². The molecule has 3 aliphatic heterocycles. The number of rotatable bonds is 2. The number of ether oxygens (including phenoxy) is 1. The van der Waals surface area contributed by atoms with Gasteiger partial charge in [-0.25, -0.2) is 5.23 Å². The monoisotopic (exact) mass is 217 g/mol. The van der Waals surface area contributed by atoms with Gasteiger partial charge in [-0.05, 0) is 6.42 Å². The zero-order chi connectivity index (χ0) is 9.87. The number of hydrogen-bond donors (Lipinski definition) is 1. The van der Waals surface area contributed by atoms with Gasteiger partial charge in [0, 0.05) is 11.3 Å². The van der Waals surface area contributed by atoms with E-state index >= 15 is 0 Å². The number of quaternary nitrogens is 1. The van der Waals surface area contributed by atoms with Gasteiger partial charge in [-0.1, -0.05) is 0 Å². The van der Waals surface area contributed by atoms with Gasteiger partial charge in [-0.15, -0.1) is 8.58 Å². The van der Waals surface area contributed by atoms with Crippen molar-refractivity contribution in [3.63, 3.8) is 0 Å². The minimum Gasteiger partial charge on any atom is -0.600 e.